The van der Waals surface area contributed by atoms with E-state index in [1.54, 1.807) is 35.3 Å². The third-order valence-electron chi connectivity index (χ3n) is 18.0. The molecule has 8 aromatic heterocycles. The summed E-state index contributed by atoms with van der Waals surface area (Å²) in [6, 6.07) is 16.4. The summed E-state index contributed by atoms with van der Waals surface area (Å²) in [5.74, 6) is 0.739. The van der Waals surface area contributed by atoms with Crippen molar-refractivity contribution in [1.29, 1.82) is 0 Å². The normalized spacial score (nSPS) is 21.1. The lowest BCUT2D eigenvalue weighted by molar-refractivity contribution is -0.144. The first-order valence-electron chi connectivity index (χ1n) is 31.5. The largest absolute Gasteiger partial charge is 0.433 e. The molecule has 4 aliphatic carbocycles. The van der Waals surface area contributed by atoms with Gasteiger partial charge in [-0.15, -0.1) is 45.3 Å². The van der Waals surface area contributed by atoms with Gasteiger partial charge in [-0.05, 0) is 155 Å². The Bertz CT molecular complexity index is 4570. The van der Waals surface area contributed by atoms with Crippen molar-refractivity contribution in [3.63, 3.8) is 0 Å². The molecule has 4 amide bonds. The van der Waals surface area contributed by atoms with Gasteiger partial charge in [0.05, 0.1) is 56.3 Å². The zero-order valence-electron chi connectivity index (χ0n) is 54.1. The van der Waals surface area contributed by atoms with Gasteiger partial charge in [0.15, 0.2) is 9.84 Å². The smallest absolute Gasteiger partial charge is 0.346 e. The minimum absolute atomic E-state index is 0.0772. The molecule has 21 nitrogen and oxygen atoms in total. The van der Waals surface area contributed by atoms with Crippen LogP contribution in [0.5, 0.6) is 0 Å². The van der Waals surface area contributed by atoms with E-state index in [2.05, 4.69) is 31.1 Å². The van der Waals surface area contributed by atoms with E-state index in [1.165, 1.54) is 81.9 Å². The minimum atomic E-state index is -4.53. The molecule has 3 aliphatic heterocycles. The maximum absolute atomic E-state index is 13.0. The van der Waals surface area contributed by atoms with Gasteiger partial charge in [-0.3, -0.25) is 42.9 Å². The third kappa shape index (κ3) is 17.1. The molecule has 546 valence electrons. The van der Waals surface area contributed by atoms with E-state index in [9.17, 15) is 88.7 Å². The maximum Gasteiger partial charge on any atom is 0.433 e. The second-order valence-corrected chi connectivity index (χ2v) is 34.0. The van der Waals surface area contributed by atoms with Gasteiger partial charge in [0.2, 0.25) is 10.0 Å². The van der Waals surface area contributed by atoms with E-state index < -0.39 is 73.2 Å². The topological polar surface area (TPSA) is 242 Å². The summed E-state index contributed by atoms with van der Waals surface area (Å²) in [6.45, 7) is 1.75. The fraction of sp³-hybridized carbons (Fsp3) is 0.484. The predicted molar refractivity (Wildman–Crippen MR) is 351 cm³/mol. The summed E-state index contributed by atoms with van der Waals surface area (Å²) in [4.78, 5) is 55.0. The number of nitrogens with zero attached hydrogens (tertiary/aromatic N) is 11. The highest BCUT2D eigenvalue weighted by Crippen LogP contribution is 2.56. The number of hydrogen-bond donors (Lipinski definition) is 2. The average molecular weight is 1540 g/mol. The zero-order chi connectivity index (χ0) is 73.1. The van der Waals surface area contributed by atoms with E-state index in [4.69, 9.17) is 0 Å². The number of sulfone groups is 1. The number of carbonyl (C=O) groups excluding carboxylic acids is 4. The number of nitrogens with one attached hydrogen (secondary N) is 2. The lowest BCUT2D eigenvalue weighted by Crippen LogP contribution is -2.59. The van der Waals surface area contributed by atoms with Crippen molar-refractivity contribution in [3.8, 4) is 42.3 Å². The van der Waals surface area contributed by atoms with Crippen LogP contribution in [0.3, 0.4) is 0 Å². The number of amides is 4. The van der Waals surface area contributed by atoms with Crippen LogP contribution in [-0.2, 0) is 72.8 Å². The summed E-state index contributed by atoms with van der Waals surface area (Å²) >= 11 is 4.30. The Hall–Kier alpha value is -7.46. The summed E-state index contributed by atoms with van der Waals surface area (Å²) < 4.78 is 205. The fourth-order valence-electron chi connectivity index (χ4n) is 13.6. The number of halogens is 12. The summed E-state index contributed by atoms with van der Waals surface area (Å²) in [5, 5.41) is 20.4. The molecule has 7 fully saturated rings. The Morgan fingerprint density at radius 2 is 0.822 bits per heavy atom. The van der Waals surface area contributed by atoms with E-state index in [-0.39, 0.29) is 87.8 Å². The standard InChI is InChI=1S/C20H22F3N3OS.C14H15F3N4OS.2C14H14F3N3O3S2/c1-26-17(20(21,22)23)7-14(25-26)15-2-3-16(28-15)18(27)24-19-8-11-4-12(9-19)6-13(5-11)10-19;1-20-12(14(15,16)17)8-9(19-20)10-4-5-11(23-10)13(22)21-7-3-2-6-18-21;1-19-12(14(15,16)17)8-9(18-19)10-2-3-11(24-10)13(21)20-4-6-25(22,23)7-5-20;1-19-12(14(15,16)17)8-9(18-19)10-4-5-11(24-10)13(21)20-6-2-3-7-25(20,22)23/h2-3,7,11-13H,4-6,8-10H2,1H3,(H,24,27);4-5,8,18H,2-3,6-7H2,1H3;2-3,8H,4-7H2,1H3;4-5,8H,2-3,6-7H2,1H3. The minimum Gasteiger partial charge on any atom is -0.346 e. The monoisotopic (exact) mass is 1540 g/mol. The number of hydrogen-bond acceptors (Lipinski definition) is 17. The summed E-state index contributed by atoms with van der Waals surface area (Å²) in [7, 11) is -1.79. The van der Waals surface area contributed by atoms with Crippen LogP contribution in [0.1, 0.15) is 126 Å². The van der Waals surface area contributed by atoms with Gasteiger partial charge in [0, 0.05) is 66.5 Å². The summed E-state index contributed by atoms with van der Waals surface area (Å²) in [5.41, 5.74) is 0.247. The zero-order valence-corrected chi connectivity index (χ0v) is 59.0. The summed E-state index contributed by atoms with van der Waals surface area (Å²) in [6.07, 6.45) is -7.75. The van der Waals surface area contributed by atoms with Crippen molar-refractivity contribution in [2.75, 3.05) is 50.0 Å². The highest BCUT2D eigenvalue weighted by atomic mass is 32.2. The van der Waals surface area contributed by atoms with Gasteiger partial charge >= 0.3 is 24.7 Å². The number of aromatic nitrogens is 8. The van der Waals surface area contributed by atoms with Gasteiger partial charge in [0.1, 0.15) is 45.6 Å². The maximum atomic E-state index is 13.0. The first kappa shape index (κ1) is 74.7. The van der Waals surface area contributed by atoms with Crippen molar-refractivity contribution in [1.82, 2.24) is 64.1 Å². The lowest BCUT2D eigenvalue weighted by Gasteiger charge is -2.56. The second-order valence-electron chi connectivity index (χ2n) is 25.4. The van der Waals surface area contributed by atoms with Crippen molar-refractivity contribution in [2.24, 2.45) is 45.9 Å². The van der Waals surface area contributed by atoms with Gasteiger partial charge in [-0.25, -0.2) is 26.6 Å². The molecule has 0 aromatic carbocycles. The molecule has 2 N–H and O–H groups in total. The van der Waals surface area contributed by atoms with Crippen molar-refractivity contribution in [2.45, 2.75) is 94.5 Å². The van der Waals surface area contributed by atoms with Crippen LogP contribution in [0.4, 0.5) is 52.7 Å². The number of alkyl halides is 12. The average Bonchev–Trinajstić information content (AvgIpc) is 1.73. The first-order chi connectivity index (χ1) is 47.2. The lowest BCUT2D eigenvalue weighted by atomic mass is 9.53. The number of thiophene rings is 4. The van der Waals surface area contributed by atoms with Crippen LogP contribution in [0.2, 0.25) is 0 Å². The number of rotatable bonds is 9. The van der Waals surface area contributed by atoms with Crippen LogP contribution in [0, 0.1) is 17.8 Å². The Morgan fingerprint density at radius 1 is 0.465 bits per heavy atom. The molecule has 0 atom stereocenters. The molecule has 0 unspecified atom stereocenters. The molecule has 7 aliphatic rings. The predicted octanol–water partition coefficient (Wildman–Crippen LogP) is 12.5. The Labute approximate surface area is 586 Å². The molecule has 11 heterocycles. The van der Waals surface area contributed by atoms with Crippen LogP contribution in [0.25, 0.3) is 42.3 Å². The van der Waals surface area contributed by atoms with Crippen LogP contribution < -0.4 is 10.7 Å². The number of hydrazine groups is 1. The fourth-order valence-corrected chi connectivity index (χ4v) is 20.0. The van der Waals surface area contributed by atoms with Crippen molar-refractivity contribution in [3.05, 3.63) is 115 Å². The molecule has 101 heavy (non-hydrogen) atoms. The van der Waals surface area contributed by atoms with Gasteiger partial charge in [-0.2, -0.15) is 73.1 Å². The van der Waals surface area contributed by atoms with E-state index in [0.29, 0.717) is 53.5 Å². The van der Waals surface area contributed by atoms with Crippen LogP contribution in [0.15, 0.2) is 72.8 Å². The molecular formula is C62H65F12N13O8S6. The van der Waals surface area contributed by atoms with Crippen molar-refractivity contribution >= 4 is 88.8 Å². The molecule has 8 aromatic rings. The molecule has 3 saturated heterocycles. The highest BCUT2D eigenvalue weighted by Gasteiger charge is 2.52. The second kappa shape index (κ2) is 28.6. The van der Waals surface area contributed by atoms with Crippen molar-refractivity contribution < 1.29 is 88.7 Å². The Balaban J connectivity index is 0.000000136. The van der Waals surface area contributed by atoms with Gasteiger partial charge in [-0.1, -0.05) is 0 Å². The van der Waals surface area contributed by atoms with Gasteiger partial charge < -0.3 is 10.2 Å². The SMILES string of the molecule is Cn1nc(-c2ccc(C(=O)N3CCCCN3)s2)cc1C(F)(F)F.Cn1nc(-c2ccc(C(=O)N3CCCCS3(=O)=O)s2)cc1C(F)(F)F.Cn1nc(-c2ccc(C(=O)N3CCS(=O)(=O)CC3)s2)cc1C(F)(F)F.Cn1nc(-c2ccc(C(=O)NC34CC5CC(CC(C5)C3)C4)s2)cc1C(F)(F)F. The van der Waals surface area contributed by atoms with Gasteiger partial charge in [0.25, 0.3) is 23.6 Å². The first-order valence-corrected chi connectivity index (χ1v) is 38.2. The van der Waals surface area contributed by atoms with E-state index in [1.807, 2.05) is 0 Å². The van der Waals surface area contributed by atoms with E-state index >= 15 is 0 Å². The highest BCUT2D eigenvalue weighted by molar-refractivity contribution is 7.91. The number of aryl methyl sites for hydroxylation is 4. The quantitative estimate of drug-likeness (QED) is 0.128. The third-order valence-corrected chi connectivity index (χ3v) is 25.8. The van der Waals surface area contributed by atoms with E-state index in [0.717, 1.165) is 138 Å². The number of sulfonamides is 1. The molecule has 0 radical (unpaired) electrons. The molecular weight excluding hydrogens is 1480 g/mol. The Morgan fingerprint density at radius 3 is 1.18 bits per heavy atom. The molecule has 39 heteroatoms. The number of carbonyl (C=O) groups is 4. The van der Waals surface area contributed by atoms with Crippen LogP contribution in [-0.4, -0.2) is 149 Å². The molecule has 0 spiro atoms. The molecule has 4 saturated carbocycles. The molecule has 4 bridgehead atoms. The van der Waals surface area contributed by atoms with Crippen LogP contribution >= 0.6 is 45.3 Å². The Kier molecular flexibility index (Phi) is 21.2. The molecule has 15 rings (SSSR count).